The molecular weight excluding hydrogens is 440 g/mol. The Morgan fingerprint density at radius 3 is 2.45 bits per heavy atom. The number of hydrogen-bond donors (Lipinski definition) is 1. The average molecular weight is 467 g/mol. The molecule has 7 nitrogen and oxygen atoms in total. The molecule has 3 aromatic rings. The van der Waals surface area contributed by atoms with Crippen molar-refractivity contribution in [3.63, 3.8) is 0 Å². The van der Waals surface area contributed by atoms with Gasteiger partial charge in [-0.15, -0.1) is 0 Å². The van der Waals surface area contributed by atoms with Gasteiger partial charge in [-0.1, -0.05) is 29.8 Å². The SMILES string of the molecule is COc1ccc(OC)c(S(=O)(=O)NCc2ccc3c(c2)N(C(=O)c2ccc(C)cc2)CC3)c1. The van der Waals surface area contributed by atoms with Crippen LogP contribution in [-0.2, 0) is 23.0 Å². The van der Waals surface area contributed by atoms with E-state index in [0.717, 1.165) is 28.8 Å². The molecule has 0 saturated carbocycles. The van der Waals surface area contributed by atoms with Crippen molar-refractivity contribution in [3.8, 4) is 11.5 Å². The zero-order chi connectivity index (χ0) is 23.6. The van der Waals surface area contributed by atoms with Gasteiger partial charge in [0.1, 0.15) is 16.4 Å². The number of sulfonamides is 1. The van der Waals surface area contributed by atoms with E-state index in [2.05, 4.69) is 4.72 Å². The van der Waals surface area contributed by atoms with E-state index in [4.69, 9.17) is 9.47 Å². The Bertz CT molecular complexity index is 1290. The van der Waals surface area contributed by atoms with Gasteiger partial charge < -0.3 is 14.4 Å². The lowest BCUT2D eigenvalue weighted by Gasteiger charge is -2.18. The molecule has 1 aliphatic rings. The van der Waals surface area contributed by atoms with Gasteiger partial charge in [-0.3, -0.25) is 4.79 Å². The van der Waals surface area contributed by atoms with E-state index in [9.17, 15) is 13.2 Å². The lowest BCUT2D eigenvalue weighted by Crippen LogP contribution is -2.29. The van der Waals surface area contributed by atoms with E-state index in [1.807, 2.05) is 49.4 Å². The third-order valence-corrected chi connectivity index (χ3v) is 7.14. The van der Waals surface area contributed by atoms with Crippen molar-refractivity contribution in [2.45, 2.75) is 24.8 Å². The van der Waals surface area contributed by atoms with E-state index in [-0.39, 0.29) is 23.1 Å². The van der Waals surface area contributed by atoms with Gasteiger partial charge in [0, 0.05) is 30.4 Å². The molecule has 0 saturated heterocycles. The summed E-state index contributed by atoms with van der Waals surface area (Å²) in [5.74, 6) is 0.582. The molecule has 3 aromatic carbocycles. The normalized spacial score (nSPS) is 13.0. The van der Waals surface area contributed by atoms with Gasteiger partial charge in [-0.25, -0.2) is 13.1 Å². The molecule has 1 amide bonds. The number of fused-ring (bicyclic) bond motifs is 1. The Morgan fingerprint density at radius 1 is 1.00 bits per heavy atom. The fraction of sp³-hybridized carbons (Fsp3) is 0.240. The van der Waals surface area contributed by atoms with Gasteiger partial charge in [-0.05, 0) is 54.8 Å². The summed E-state index contributed by atoms with van der Waals surface area (Å²) in [7, 11) is -0.971. The van der Waals surface area contributed by atoms with Crippen molar-refractivity contribution in [2.75, 3.05) is 25.7 Å². The highest BCUT2D eigenvalue weighted by Crippen LogP contribution is 2.31. The molecule has 1 aliphatic heterocycles. The lowest BCUT2D eigenvalue weighted by molar-refractivity contribution is 0.0989. The molecule has 0 aromatic heterocycles. The summed E-state index contributed by atoms with van der Waals surface area (Å²) >= 11 is 0. The van der Waals surface area contributed by atoms with Gasteiger partial charge in [0.15, 0.2) is 0 Å². The first kappa shape index (κ1) is 22.8. The highest BCUT2D eigenvalue weighted by molar-refractivity contribution is 7.89. The van der Waals surface area contributed by atoms with Crippen LogP contribution in [0.3, 0.4) is 0 Å². The minimum absolute atomic E-state index is 0.00156. The fourth-order valence-electron chi connectivity index (χ4n) is 3.85. The minimum Gasteiger partial charge on any atom is -0.497 e. The predicted molar refractivity (Wildman–Crippen MR) is 127 cm³/mol. The summed E-state index contributed by atoms with van der Waals surface area (Å²) < 4.78 is 38.9. The van der Waals surface area contributed by atoms with Crippen LogP contribution in [0.15, 0.2) is 65.6 Å². The Kier molecular flexibility index (Phi) is 6.40. The number of methoxy groups -OCH3 is 2. The number of nitrogens with one attached hydrogen (secondary N) is 1. The van der Waals surface area contributed by atoms with Crippen LogP contribution in [-0.4, -0.2) is 35.1 Å². The number of amides is 1. The Morgan fingerprint density at radius 2 is 1.76 bits per heavy atom. The molecule has 0 atom stereocenters. The quantitative estimate of drug-likeness (QED) is 0.574. The molecule has 0 unspecified atom stereocenters. The third-order valence-electron chi connectivity index (χ3n) is 5.72. The Labute approximate surface area is 194 Å². The van der Waals surface area contributed by atoms with Crippen LogP contribution >= 0.6 is 0 Å². The maximum absolute atomic E-state index is 13.1. The van der Waals surface area contributed by atoms with Crippen LogP contribution in [0.25, 0.3) is 0 Å². The second-order valence-electron chi connectivity index (χ2n) is 7.88. The van der Waals surface area contributed by atoms with Crippen molar-refractivity contribution < 1.29 is 22.7 Å². The second-order valence-corrected chi connectivity index (χ2v) is 9.61. The van der Waals surface area contributed by atoms with Crippen molar-refractivity contribution in [3.05, 3.63) is 82.9 Å². The fourth-order valence-corrected chi connectivity index (χ4v) is 5.05. The molecule has 0 bridgehead atoms. The molecule has 0 aliphatic carbocycles. The number of ether oxygens (including phenoxy) is 2. The average Bonchev–Trinajstić information content (AvgIpc) is 3.25. The number of rotatable bonds is 7. The molecule has 33 heavy (non-hydrogen) atoms. The molecule has 172 valence electrons. The number of carbonyl (C=O) groups is 1. The molecular formula is C25H26N2O5S. The molecule has 8 heteroatoms. The number of aryl methyl sites for hydroxylation is 1. The molecule has 1 heterocycles. The molecule has 4 rings (SSSR count). The Hall–Kier alpha value is -3.36. The highest BCUT2D eigenvalue weighted by Gasteiger charge is 2.26. The molecule has 0 spiro atoms. The van der Waals surface area contributed by atoms with Crippen molar-refractivity contribution in [2.24, 2.45) is 0 Å². The first-order valence-electron chi connectivity index (χ1n) is 10.5. The van der Waals surface area contributed by atoms with Crippen molar-refractivity contribution in [1.82, 2.24) is 4.72 Å². The third kappa shape index (κ3) is 4.72. The molecule has 1 N–H and O–H groups in total. The zero-order valence-electron chi connectivity index (χ0n) is 18.8. The molecule has 0 fully saturated rings. The number of carbonyl (C=O) groups excluding carboxylic acids is 1. The van der Waals surface area contributed by atoms with Crippen LogP contribution < -0.4 is 19.1 Å². The Balaban J connectivity index is 1.55. The van der Waals surface area contributed by atoms with Crippen molar-refractivity contribution in [1.29, 1.82) is 0 Å². The van der Waals surface area contributed by atoms with Gasteiger partial charge in [-0.2, -0.15) is 0 Å². The van der Waals surface area contributed by atoms with Gasteiger partial charge in [0.05, 0.1) is 14.2 Å². The first-order valence-corrected chi connectivity index (χ1v) is 12.0. The largest absolute Gasteiger partial charge is 0.497 e. The van der Waals surface area contributed by atoms with E-state index >= 15 is 0 Å². The van der Waals surface area contributed by atoms with Crippen LogP contribution in [0.1, 0.15) is 27.0 Å². The number of nitrogens with zero attached hydrogens (tertiary/aromatic N) is 1. The second kappa shape index (κ2) is 9.25. The monoisotopic (exact) mass is 466 g/mol. The topological polar surface area (TPSA) is 84.9 Å². The summed E-state index contributed by atoms with van der Waals surface area (Å²) in [4.78, 5) is 14.8. The maximum atomic E-state index is 13.1. The maximum Gasteiger partial charge on any atom is 0.258 e. The lowest BCUT2D eigenvalue weighted by atomic mass is 10.1. The summed E-state index contributed by atoms with van der Waals surface area (Å²) in [5.41, 5.74) is 4.36. The van der Waals surface area contributed by atoms with Gasteiger partial charge in [0.25, 0.3) is 5.91 Å². The standard InChI is InChI=1S/C25H26N2O5S/c1-17-4-7-20(8-5-17)25(28)27-13-12-19-9-6-18(14-22(19)27)16-26-33(29,30)24-15-21(31-2)10-11-23(24)32-3/h4-11,14-15,26H,12-13,16H2,1-3H3. The van der Waals surface area contributed by atoms with E-state index in [0.29, 0.717) is 17.9 Å². The first-order chi connectivity index (χ1) is 15.8. The summed E-state index contributed by atoms with van der Waals surface area (Å²) in [6, 6.07) is 17.8. The highest BCUT2D eigenvalue weighted by atomic mass is 32.2. The number of benzene rings is 3. The number of anilines is 1. The van der Waals surface area contributed by atoms with Crippen LogP contribution in [0, 0.1) is 6.92 Å². The molecule has 0 radical (unpaired) electrons. The van der Waals surface area contributed by atoms with Gasteiger partial charge in [0.2, 0.25) is 10.0 Å². The van der Waals surface area contributed by atoms with Crippen LogP contribution in [0.4, 0.5) is 5.69 Å². The summed E-state index contributed by atoms with van der Waals surface area (Å²) in [6.45, 7) is 2.65. The van der Waals surface area contributed by atoms with E-state index in [1.54, 1.807) is 17.0 Å². The van der Waals surface area contributed by atoms with Crippen LogP contribution in [0.2, 0.25) is 0 Å². The zero-order valence-corrected chi connectivity index (χ0v) is 19.6. The smallest absolute Gasteiger partial charge is 0.258 e. The number of hydrogen-bond acceptors (Lipinski definition) is 5. The summed E-state index contributed by atoms with van der Waals surface area (Å²) in [5, 5.41) is 0. The van der Waals surface area contributed by atoms with E-state index < -0.39 is 10.0 Å². The van der Waals surface area contributed by atoms with Crippen LogP contribution in [0.5, 0.6) is 11.5 Å². The summed E-state index contributed by atoms with van der Waals surface area (Å²) in [6.07, 6.45) is 0.764. The minimum atomic E-state index is -3.86. The van der Waals surface area contributed by atoms with Crippen molar-refractivity contribution >= 4 is 21.6 Å². The van der Waals surface area contributed by atoms with E-state index in [1.165, 1.54) is 20.3 Å². The predicted octanol–water partition coefficient (Wildman–Crippen LogP) is 3.69. The van der Waals surface area contributed by atoms with Gasteiger partial charge >= 0.3 is 0 Å².